The van der Waals surface area contributed by atoms with Gasteiger partial charge < -0.3 is 15.3 Å². The lowest BCUT2D eigenvalue weighted by Crippen LogP contribution is -2.56. The van der Waals surface area contributed by atoms with Gasteiger partial charge in [0.2, 0.25) is 0 Å². The summed E-state index contributed by atoms with van der Waals surface area (Å²) in [5.41, 5.74) is 0. The second kappa shape index (κ2) is 7.21. The fraction of sp³-hybridized carbons (Fsp3) is 0.818. The molecule has 0 aromatic rings. The molecule has 3 atom stereocenters. The van der Waals surface area contributed by atoms with Crippen molar-refractivity contribution < 1.29 is 27.3 Å². The van der Waals surface area contributed by atoms with Crippen LogP contribution in [0.25, 0.3) is 0 Å². The first kappa shape index (κ1) is 17.9. The van der Waals surface area contributed by atoms with Crippen LogP contribution in [0.15, 0.2) is 0 Å². The molecule has 0 saturated carbocycles. The van der Waals surface area contributed by atoms with Crippen molar-refractivity contribution in [3.8, 4) is 0 Å². The molecular formula is C11H20N2O6S2. The summed E-state index contributed by atoms with van der Waals surface area (Å²) < 4.78 is 34.3. The fourth-order valence-corrected chi connectivity index (χ4v) is 4.52. The van der Waals surface area contributed by atoms with Gasteiger partial charge in [0.05, 0.1) is 24.0 Å². The summed E-state index contributed by atoms with van der Waals surface area (Å²) in [5, 5.41) is 11.5. The Kier molecular flexibility index (Phi) is 6.14. The Morgan fingerprint density at radius 3 is 2.62 bits per heavy atom. The number of aliphatic carboxylic acids is 1. The van der Waals surface area contributed by atoms with E-state index in [1.165, 1.54) is 11.2 Å². The second-order valence-corrected chi connectivity index (χ2v) is 8.86. The van der Waals surface area contributed by atoms with Crippen molar-refractivity contribution in [3.05, 3.63) is 0 Å². The van der Waals surface area contributed by atoms with Crippen LogP contribution in [0.2, 0.25) is 0 Å². The predicted octanol–water partition coefficient (Wildman–Crippen LogP) is -0.963. The first-order valence-electron chi connectivity index (χ1n) is 6.40. The molecule has 1 heterocycles. The highest BCUT2D eigenvalue weighted by molar-refractivity contribution is 7.91. The third kappa shape index (κ3) is 6.00. The van der Waals surface area contributed by atoms with Crippen LogP contribution in [0.1, 0.15) is 13.3 Å². The third-order valence-corrected chi connectivity index (χ3v) is 5.72. The molecule has 8 nitrogen and oxygen atoms in total. The van der Waals surface area contributed by atoms with Crippen molar-refractivity contribution in [1.29, 1.82) is 0 Å². The molecule has 0 bridgehead atoms. The zero-order valence-electron chi connectivity index (χ0n) is 11.9. The predicted molar refractivity (Wildman–Crippen MR) is 78.3 cm³/mol. The van der Waals surface area contributed by atoms with Crippen LogP contribution in [0, 0.1) is 0 Å². The summed E-state index contributed by atoms with van der Waals surface area (Å²) in [6, 6.07) is -1.73. The zero-order chi connectivity index (χ0) is 16.2. The Labute approximate surface area is 126 Å². The lowest BCUT2D eigenvalue weighted by molar-refractivity contribution is -0.138. The van der Waals surface area contributed by atoms with Crippen molar-refractivity contribution in [3.63, 3.8) is 0 Å². The molecule has 1 aliphatic rings. The minimum absolute atomic E-state index is 0.0337. The molecule has 0 radical (unpaired) electrons. The van der Waals surface area contributed by atoms with Crippen LogP contribution in [-0.2, 0) is 25.4 Å². The van der Waals surface area contributed by atoms with Crippen LogP contribution in [-0.4, -0.2) is 76.8 Å². The molecule has 3 unspecified atom stereocenters. The van der Waals surface area contributed by atoms with Gasteiger partial charge in [-0.2, -0.15) is 0 Å². The van der Waals surface area contributed by atoms with Crippen molar-refractivity contribution in [2.24, 2.45) is 0 Å². The Hall–Kier alpha value is -1.16. The van der Waals surface area contributed by atoms with Crippen molar-refractivity contribution >= 4 is 32.6 Å². The van der Waals surface area contributed by atoms with Crippen LogP contribution < -0.4 is 5.32 Å². The number of rotatable bonds is 5. The molecule has 2 N–H and O–H groups in total. The highest BCUT2D eigenvalue weighted by atomic mass is 32.2. The van der Waals surface area contributed by atoms with Crippen LogP contribution in [0.4, 0.5) is 4.79 Å². The first-order chi connectivity index (χ1) is 9.60. The van der Waals surface area contributed by atoms with Crippen molar-refractivity contribution in [2.45, 2.75) is 25.4 Å². The van der Waals surface area contributed by atoms with E-state index in [1.807, 2.05) is 0 Å². The smallest absolute Gasteiger partial charge is 0.317 e. The zero-order valence-corrected chi connectivity index (χ0v) is 13.6. The molecule has 1 fully saturated rings. The molecule has 1 rings (SSSR count). The van der Waals surface area contributed by atoms with Gasteiger partial charge in [0.1, 0.15) is 0 Å². The normalized spacial score (nSPS) is 24.1. The molecule has 2 amide bonds. The molecule has 1 aliphatic heterocycles. The summed E-state index contributed by atoms with van der Waals surface area (Å²) in [6.07, 6.45) is 1.10. The Morgan fingerprint density at radius 2 is 2.10 bits per heavy atom. The quantitative estimate of drug-likeness (QED) is 0.665. The average molecular weight is 340 g/mol. The molecule has 1 saturated heterocycles. The van der Waals surface area contributed by atoms with Gasteiger partial charge in [-0.05, 0) is 6.92 Å². The van der Waals surface area contributed by atoms with E-state index in [4.69, 9.17) is 5.11 Å². The SMILES string of the molecule is CC(CS(C)=O)NC(=O)N1CCS(=O)(=O)CC1CC(=O)O. The standard InChI is InChI=1S/C11H20N2O6S2/c1-8(6-20(2)17)12-11(16)13-3-4-21(18,19)7-9(13)5-10(14)15/h8-9H,3-7H2,1-2H3,(H,12,16)(H,14,15). The summed E-state index contributed by atoms with van der Waals surface area (Å²) >= 11 is 0. The Balaban J connectivity index is 2.75. The Morgan fingerprint density at radius 1 is 1.48 bits per heavy atom. The number of carboxylic acid groups (broad SMARTS) is 1. The highest BCUT2D eigenvalue weighted by Crippen LogP contribution is 2.15. The maximum Gasteiger partial charge on any atom is 0.317 e. The minimum atomic E-state index is -3.33. The van der Waals surface area contributed by atoms with E-state index < -0.39 is 45.1 Å². The van der Waals surface area contributed by atoms with Gasteiger partial charge in [0.25, 0.3) is 0 Å². The van der Waals surface area contributed by atoms with Gasteiger partial charge in [-0.1, -0.05) is 0 Å². The van der Waals surface area contributed by atoms with Crippen molar-refractivity contribution in [1.82, 2.24) is 10.2 Å². The molecule has 10 heteroatoms. The molecule has 0 aromatic carbocycles. The molecule has 0 aliphatic carbocycles. The van der Waals surface area contributed by atoms with E-state index >= 15 is 0 Å². The summed E-state index contributed by atoms with van der Waals surface area (Å²) in [4.78, 5) is 24.2. The van der Waals surface area contributed by atoms with E-state index in [-0.39, 0.29) is 29.8 Å². The van der Waals surface area contributed by atoms with E-state index in [0.717, 1.165) is 0 Å². The van der Waals surface area contributed by atoms with Crippen LogP contribution in [0.3, 0.4) is 0 Å². The first-order valence-corrected chi connectivity index (χ1v) is 9.95. The van der Waals surface area contributed by atoms with E-state index in [2.05, 4.69) is 5.32 Å². The number of sulfone groups is 1. The monoisotopic (exact) mass is 340 g/mol. The Bertz CT molecular complexity index is 533. The molecule has 0 spiro atoms. The molecule has 0 aromatic heterocycles. The van der Waals surface area contributed by atoms with Gasteiger partial charge in [-0.3, -0.25) is 9.00 Å². The molecule has 122 valence electrons. The number of nitrogens with zero attached hydrogens (tertiary/aromatic N) is 1. The number of nitrogens with one attached hydrogen (secondary N) is 1. The molecule has 21 heavy (non-hydrogen) atoms. The fourth-order valence-electron chi connectivity index (χ4n) is 2.21. The second-order valence-electron chi connectivity index (χ2n) is 5.15. The largest absolute Gasteiger partial charge is 0.481 e. The summed E-state index contributed by atoms with van der Waals surface area (Å²) in [5.74, 6) is -1.40. The van der Waals surface area contributed by atoms with Gasteiger partial charge in [-0.25, -0.2) is 13.2 Å². The van der Waals surface area contributed by atoms with Gasteiger partial charge in [0, 0.05) is 35.4 Å². The summed E-state index contributed by atoms with van der Waals surface area (Å²) in [6.45, 7) is 1.65. The topological polar surface area (TPSA) is 121 Å². The number of carbonyl (C=O) groups is 2. The number of carboxylic acids is 1. The van der Waals surface area contributed by atoms with E-state index in [0.29, 0.717) is 0 Å². The maximum atomic E-state index is 12.1. The van der Waals surface area contributed by atoms with Gasteiger partial charge in [-0.15, -0.1) is 0 Å². The van der Waals surface area contributed by atoms with Gasteiger partial charge in [0.15, 0.2) is 9.84 Å². The number of carbonyl (C=O) groups excluding carboxylic acids is 1. The number of amides is 2. The van der Waals surface area contributed by atoms with Gasteiger partial charge >= 0.3 is 12.0 Å². The maximum absolute atomic E-state index is 12.1. The minimum Gasteiger partial charge on any atom is -0.481 e. The molecular weight excluding hydrogens is 320 g/mol. The lowest BCUT2D eigenvalue weighted by atomic mass is 10.2. The van der Waals surface area contributed by atoms with Crippen LogP contribution in [0.5, 0.6) is 0 Å². The average Bonchev–Trinajstić information content (AvgIpc) is 2.24. The number of hydrogen-bond donors (Lipinski definition) is 2. The number of hydrogen-bond acceptors (Lipinski definition) is 5. The number of urea groups is 1. The van der Waals surface area contributed by atoms with Crippen molar-refractivity contribution in [2.75, 3.05) is 30.1 Å². The third-order valence-electron chi connectivity index (χ3n) is 3.06. The lowest BCUT2D eigenvalue weighted by Gasteiger charge is -2.35. The van der Waals surface area contributed by atoms with E-state index in [9.17, 15) is 22.2 Å². The highest BCUT2D eigenvalue weighted by Gasteiger charge is 2.35. The van der Waals surface area contributed by atoms with E-state index in [1.54, 1.807) is 6.92 Å². The van der Waals surface area contributed by atoms with Crippen LogP contribution >= 0.6 is 0 Å². The summed E-state index contributed by atoms with van der Waals surface area (Å²) in [7, 11) is -4.40.